The molecule has 10 nitrogen and oxygen atoms in total. The second-order valence-electron chi connectivity index (χ2n) is 7.86. The van der Waals surface area contributed by atoms with Crippen LogP contribution in [0.15, 0.2) is 30.9 Å². The molecule has 14 heteroatoms. The first kappa shape index (κ1) is 24.0. The number of hydrogen-bond donors (Lipinski definition) is 2. The Kier molecular flexibility index (Phi) is 6.62. The van der Waals surface area contributed by atoms with E-state index in [1.54, 1.807) is 0 Å². The third kappa shape index (κ3) is 5.36. The van der Waals surface area contributed by atoms with Crippen molar-refractivity contribution in [3.63, 3.8) is 0 Å². The van der Waals surface area contributed by atoms with E-state index < -0.39 is 48.1 Å². The molecule has 2 amide bonds. The Labute approximate surface area is 195 Å². The van der Waals surface area contributed by atoms with Crippen molar-refractivity contribution in [1.29, 1.82) is 0 Å². The fraction of sp³-hybridized carbons (Fsp3) is 0.333. The molecule has 1 fully saturated rings. The zero-order valence-corrected chi connectivity index (χ0v) is 18.4. The number of anilines is 2. The van der Waals surface area contributed by atoms with Gasteiger partial charge in [-0.3, -0.25) is 14.8 Å². The molecule has 2 N–H and O–H groups in total. The lowest BCUT2D eigenvalue weighted by atomic mass is 10.2. The molecule has 4 rings (SSSR count). The van der Waals surface area contributed by atoms with Crippen LogP contribution in [0.25, 0.3) is 11.4 Å². The number of aryl methyl sites for hydroxylation is 1. The van der Waals surface area contributed by atoms with Crippen LogP contribution in [0, 0.1) is 23.6 Å². The predicted molar refractivity (Wildman–Crippen MR) is 113 cm³/mol. The summed E-state index contributed by atoms with van der Waals surface area (Å²) in [5, 5.41) is 9.00. The van der Waals surface area contributed by atoms with Gasteiger partial charge >= 0.3 is 6.09 Å². The minimum atomic E-state index is -2.54. The van der Waals surface area contributed by atoms with Crippen LogP contribution in [-0.4, -0.2) is 43.2 Å². The highest BCUT2D eigenvalue weighted by Crippen LogP contribution is 2.43. The predicted octanol–water partition coefficient (Wildman–Crippen LogP) is 3.70. The number of alkyl halides is 2. The first-order chi connectivity index (χ1) is 16.6. The summed E-state index contributed by atoms with van der Waals surface area (Å²) in [5.74, 6) is -3.68. The maximum Gasteiger partial charge on any atom is 0.413 e. The largest absolute Gasteiger partial charge is 0.441 e. The molecule has 0 saturated heterocycles. The summed E-state index contributed by atoms with van der Waals surface area (Å²) in [5.41, 5.74) is 0.280. The van der Waals surface area contributed by atoms with Gasteiger partial charge in [0.1, 0.15) is 17.7 Å². The van der Waals surface area contributed by atoms with Crippen molar-refractivity contribution < 1.29 is 31.9 Å². The number of nitrogens with one attached hydrogen (secondary N) is 2. The van der Waals surface area contributed by atoms with Crippen LogP contribution in [0.5, 0.6) is 0 Å². The van der Waals surface area contributed by atoms with Crippen LogP contribution >= 0.6 is 0 Å². The number of aromatic nitrogens is 5. The van der Waals surface area contributed by atoms with Gasteiger partial charge in [-0.05, 0) is 19.4 Å². The fourth-order valence-electron chi connectivity index (χ4n) is 3.38. The van der Waals surface area contributed by atoms with Gasteiger partial charge in [0.25, 0.3) is 0 Å². The topological polar surface area (TPSA) is 124 Å². The summed E-state index contributed by atoms with van der Waals surface area (Å²) >= 11 is 0. The molecule has 0 spiro atoms. The van der Waals surface area contributed by atoms with Crippen molar-refractivity contribution in [2.45, 2.75) is 25.9 Å². The highest BCUT2D eigenvalue weighted by molar-refractivity contribution is 5.94. The van der Waals surface area contributed by atoms with E-state index in [2.05, 4.69) is 30.7 Å². The number of pyridine rings is 1. The number of rotatable bonds is 7. The van der Waals surface area contributed by atoms with E-state index in [1.807, 2.05) is 0 Å². The molecule has 35 heavy (non-hydrogen) atoms. The lowest BCUT2D eigenvalue weighted by Gasteiger charge is -2.15. The molecule has 1 aliphatic carbocycles. The van der Waals surface area contributed by atoms with Crippen molar-refractivity contribution in [2.24, 2.45) is 18.9 Å². The fourth-order valence-corrected chi connectivity index (χ4v) is 3.38. The monoisotopic (exact) mass is 493 g/mol. The number of carbonyl (C=O) groups is 2. The molecule has 0 aliphatic heterocycles. The minimum absolute atomic E-state index is 0.129. The number of amides is 2. The van der Waals surface area contributed by atoms with Gasteiger partial charge in [-0.15, -0.1) is 0 Å². The van der Waals surface area contributed by atoms with Gasteiger partial charge in [-0.1, -0.05) is 0 Å². The smallest absolute Gasteiger partial charge is 0.413 e. The Morgan fingerprint density at radius 1 is 1.11 bits per heavy atom. The van der Waals surface area contributed by atoms with Crippen LogP contribution in [0.4, 0.5) is 33.9 Å². The molecule has 184 valence electrons. The molecule has 1 saturated carbocycles. The minimum Gasteiger partial charge on any atom is -0.441 e. The summed E-state index contributed by atoms with van der Waals surface area (Å²) in [6.07, 6.45) is 0.118. The third-order valence-electron chi connectivity index (χ3n) is 5.37. The average Bonchev–Trinajstić information content (AvgIpc) is 3.55. The Morgan fingerprint density at radius 2 is 1.83 bits per heavy atom. The van der Waals surface area contributed by atoms with E-state index in [0.29, 0.717) is 11.8 Å². The molecule has 0 aromatic carbocycles. The summed E-state index contributed by atoms with van der Waals surface area (Å²) in [7, 11) is 1.53. The van der Waals surface area contributed by atoms with Gasteiger partial charge in [0.2, 0.25) is 18.3 Å². The van der Waals surface area contributed by atoms with Crippen LogP contribution in [0.3, 0.4) is 0 Å². The Morgan fingerprint density at radius 3 is 2.49 bits per heavy atom. The van der Waals surface area contributed by atoms with E-state index in [-0.39, 0.29) is 29.3 Å². The van der Waals surface area contributed by atoms with Crippen molar-refractivity contribution in [1.82, 2.24) is 24.7 Å². The Bertz CT molecular complexity index is 1250. The van der Waals surface area contributed by atoms with Crippen molar-refractivity contribution in [3.8, 4) is 11.4 Å². The molecule has 3 heterocycles. The van der Waals surface area contributed by atoms with Crippen molar-refractivity contribution in [3.05, 3.63) is 48.2 Å². The number of halogens is 4. The zero-order valence-electron chi connectivity index (χ0n) is 18.4. The van der Waals surface area contributed by atoms with Crippen molar-refractivity contribution in [2.75, 3.05) is 10.6 Å². The summed E-state index contributed by atoms with van der Waals surface area (Å²) < 4.78 is 58.9. The van der Waals surface area contributed by atoms with Gasteiger partial charge in [0, 0.05) is 18.9 Å². The van der Waals surface area contributed by atoms with Crippen molar-refractivity contribution >= 4 is 23.5 Å². The molecule has 0 bridgehead atoms. The lowest BCUT2D eigenvalue weighted by molar-refractivity contribution is -0.118. The van der Waals surface area contributed by atoms with Crippen LogP contribution in [0.1, 0.15) is 25.0 Å². The zero-order chi connectivity index (χ0) is 25.3. The number of ether oxygens (including phenoxy) is 1. The van der Waals surface area contributed by atoms with Gasteiger partial charge in [-0.25, -0.2) is 32.9 Å². The molecular formula is C21H19F4N7O3. The third-order valence-corrected chi connectivity index (χ3v) is 5.37. The summed E-state index contributed by atoms with van der Waals surface area (Å²) in [4.78, 5) is 35.9. The van der Waals surface area contributed by atoms with Crippen LogP contribution in [-0.2, 0) is 16.6 Å². The SMILES string of the molecule is C[C@@H](OC(=O)Nc1c(-c2ncc(NC(=O)[C@@H]3C[C@H]3C(F)F)cn2)cnn1C)c1cc(F)cnc1F. The van der Waals surface area contributed by atoms with E-state index in [4.69, 9.17) is 4.74 Å². The van der Waals surface area contributed by atoms with Gasteiger partial charge in [0.15, 0.2) is 5.82 Å². The maximum absolute atomic E-state index is 13.8. The molecular weight excluding hydrogens is 474 g/mol. The van der Waals surface area contributed by atoms with Crippen LogP contribution in [0.2, 0.25) is 0 Å². The molecule has 0 unspecified atom stereocenters. The first-order valence-electron chi connectivity index (χ1n) is 10.4. The molecule has 1 aliphatic rings. The second-order valence-corrected chi connectivity index (χ2v) is 7.86. The Hall–Kier alpha value is -4.10. The Balaban J connectivity index is 1.42. The highest BCUT2D eigenvalue weighted by atomic mass is 19.3. The van der Waals surface area contributed by atoms with Gasteiger partial charge in [0.05, 0.1) is 41.6 Å². The highest BCUT2D eigenvalue weighted by Gasteiger charge is 2.48. The van der Waals surface area contributed by atoms with E-state index in [9.17, 15) is 27.2 Å². The number of nitrogens with zero attached hydrogens (tertiary/aromatic N) is 5. The van der Waals surface area contributed by atoms with Gasteiger partial charge in [-0.2, -0.15) is 9.49 Å². The molecule has 0 radical (unpaired) electrons. The quantitative estimate of drug-likeness (QED) is 0.380. The lowest BCUT2D eigenvalue weighted by Crippen LogP contribution is -2.19. The maximum atomic E-state index is 13.8. The average molecular weight is 493 g/mol. The molecule has 3 aromatic rings. The van der Waals surface area contributed by atoms with E-state index in [0.717, 1.165) is 6.07 Å². The number of hydrogen-bond acceptors (Lipinski definition) is 7. The van der Waals surface area contributed by atoms with E-state index >= 15 is 0 Å². The molecule has 3 aromatic heterocycles. The standard InChI is InChI=1S/C21H19F4N7O3/c1-9(12-3-10(22)5-26-17(12)25)35-21(34)31-19-15(8-29-32(19)2)18-27-6-11(7-28-18)30-20(33)14-4-13(14)16(23)24/h3,5-9,13-14,16H,4H2,1-2H3,(H,30,33)(H,31,34)/t9-,13-,14-/m1/s1. The van der Waals surface area contributed by atoms with Crippen LogP contribution < -0.4 is 10.6 Å². The summed E-state index contributed by atoms with van der Waals surface area (Å²) in [6, 6.07) is 0.876. The number of carbonyl (C=O) groups excluding carboxylic acids is 2. The molecule has 3 atom stereocenters. The van der Waals surface area contributed by atoms with Gasteiger partial charge < -0.3 is 10.1 Å². The van der Waals surface area contributed by atoms with E-state index in [1.165, 1.54) is 37.2 Å². The second kappa shape index (κ2) is 9.64. The summed E-state index contributed by atoms with van der Waals surface area (Å²) in [6.45, 7) is 1.35. The first-order valence-corrected chi connectivity index (χ1v) is 10.4. The normalized spacial score (nSPS) is 17.7.